The third-order valence-corrected chi connectivity index (χ3v) is 2.54. The van der Waals surface area contributed by atoms with Crippen molar-refractivity contribution in [2.75, 3.05) is 25.1 Å². The van der Waals surface area contributed by atoms with Crippen LogP contribution in [0.3, 0.4) is 0 Å². The van der Waals surface area contributed by atoms with E-state index in [9.17, 15) is 4.79 Å². The summed E-state index contributed by atoms with van der Waals surface area (Å²) in [5.41, 5.74) is 1.49. The first-order chi connectivity index (χ1) is 8.77. The number of unbranched alkanes of at least 4 members (excludes halogenated alkanes) is 2. The van der Waals surface area contributed by atoms with Gasteiger partial charge in [-0.3, -0.25) is 0 Å². The lowest BCUT2D eigenvalue weighted by Gasteiger charge is -2.08. The van der Waals surface area contributed by atoms with Crippen molar-refractivity contribution in [3.05, 3.63) is 29.8 Å². The van der Waals surface area contributed by atoms with Gasteiger partial charge in [0.2, 0.25) is 0 Å². The van der Waals surface area contributed by atoms with E-state index in [1.165, 1.54) is 0 Å². The van der Waals surface area contributed by atoms with Crippen molar-refractivity contribution >= 4 is 11.7 Å². The van der Waals surface area contributed by atoms with Gasteiger partial charge in [0.25, 0.3) is 0 Å². The van der Waals surface area contributed by atoms with Crippen LogP contribution in [-0.4, -0.2) is 30.8 Å². The number of rotatable bonds is 8. The lowest BCUT2D eigenvalue weighted by Crippen LogP contribution is -2.06. The summed E-state index contributed by atoms with van der Waals surface area (Å²) < 4.78 is 4.95. The first kappa shape index (κ1) is 14.5. The predicted octanol–water partition coefficient (Wildman–Crippen LogP) is 2.44. The third kappa shape index (κ3) is 5.19. The molecule has 0 aromatic heterocycles. The Labute approximate surface area is 108 Å². The highest BCUT2D eigenvalue weighted by Gasteiger charge is 2.06. The second-order valence-electron chi connectivity index (χ2n) is 4.01. The summed E-state index contributed by atoms with van der Waals surface area (Å²) in [5.74, 6) is -0.290. The van der Waals surface area contributed by atoms with Gasteiger partial charge in [-0.1, -0.05) is 6.07 Å². The van der Waals surface area contributed by atoms with Crippen molar-refractivity contribution in [2.45, 2.75) is 26.2 Å². The average Bonchev–Trinajstić information content (AvgIpc) is 2.39. The van der Waals surface area contributed by atoms with Crippen LogP contribution in [0.15, 0.2) is 24.3 Å². The van der Waals surface area contributed by atoms with E-state index < -0.39 is 0 Å². The van der Waals surface area contributed by atoms with E-state index in [0.717, 1.165) is 31.5 Å². The van der Waals surface area contributed by atoms with Crippen molar-refractivity contribution < 1.29 is 14.6 Å². The maximum absolute atomic E-state index is 11.5. The molecule has 2 N–H and O–H groups in total. The summed E-state index contributed by atoms with van der Waals surface area (Å²) in [7, 11) is 0. The van der Waals surface area contributed by atoms with Crippen molar-refractivity contribution in [3.63, 3.8) is 0 Å². The van der Waals surface area contributed by atoms with E-state index in [2.05, 4.69) is 5.32 Å². The SMILES string of the molecule is CCOC(=O)c1cccc(NCCCCCO)c1. The number of aliphatic hydroxyl groups excluding tert-OH is 1. The quantitative estimate of drug-likeness (QED) is 0.550. The maximum atomic E-state index is 11.5. The van der Waals surface area contributed by atoms with Gasteiger partial charge in [-0.2, -0.15) is 0 Å². The standard InChI is InChI=1S/C14H21NO3/c1-2-18-14(17)12-7-6-8-13(11-12)15-9-4-3-5-10-16/h6-8,11,15-16H,2-5,9-10H2,1H3. The summed E-state index contributed by atoms with van der Waals surface area (Å²) in [6.07, 6.45) is 2.84. The van der Waals surface area contributed by atoms with Crippen LogP contribution in [-0.2, 0) is 4.74 Å². The van der Waals surface area contributed by atoms with Gasteiger partial charge in [0.05, 0.1) is 12.2 Å². The summed E-state index contributed by atoms with van der Waals surface area (Å²) in [5, 5.41) is 11.9. The van der Waals surface area contributed by atoms with Gasteiger partial charge in [-0.15, -0.1) is 0 Å². The molecule has 0 fully saturated rings. The minimum Gasteiger partial charge on any atom is -0.462 e. The molecule has 0 saturated heterocycles. The summed E-state index contributed by atoms with van der Waals surface area (Å²) >= 11 is 0. The summed E-state index contributed by atoms with van der Waals surface area (Å²) in [6, 6.07) is 7.30. The number of anilines is 1. The molecule has 0 radical (unpaired) electrons. The number of hydrogen-bond donors (Lipinski definition) is 2. The summed E-state index contributed by atoms with van der Waals surface area (Å²) in [6.45, 7) is 3.27. The monoisotopic (exact) mass is 251 g/mol. The third-order valence-electron chi connectivity index (χ3n) is 2.54. The zero-order chi connectivity index (χ0) is 13.2. The Morgan fingerprint density at radius 1 is 1.33 bits per heavy atom. The minimum atomic E-state index is -0.290. The number of carbonyl (C=O) groups excluding carboxylic acids is 1. The molecule has 4 nitrogen and oxygen atoms in total. The minimum absolute atomic E-state index is 0.248. The highest BCUT2D eigenvalue weighted by atomic mass is 16.5. The lowest BCUT2D eigenvalue weighted by atomic mass is 10.2. The lowest BCUT2D eigenvalue weighted by molar-refractivity contribution is 0.0526. The molecule has 0 spiro atoms. The van der Waals surface area contributed by atoms with Gasteiger partial charge in [-0.05, 0) is 44.4 Å². The van der Waals surface area contributed by atoms with E-state index in [0.29, 0.717) is 12.2 Å². The zero-order valence-electron chi connectivity index (χ0n) is 10.8. The van der Waals surface area contributed by atoms with Crippen LogP contribution in [0.5, 0.6) is 0 Å². The largest absolute Gasteiger partial charge is 0.462 e. The number of ether oxygens (including phenoxy) is 1. The van der Waals surface area contributed by atoms with Crippen LogP contribution in [0.1, 0.15) is 36.5 Å². The Hall–Kier alpha value is -1.55. The first-order valence-corrected chi connectivity index (χ1v) is 6.40. The molecular weight excluding hydrogens is 230 g/mol. The second kappa shape index (κ2) is 8.53. The van der Waals surface area contributed by atoms with Gasteiger partial charge >= 0.3 is 5.97 Å². The molecular formula is C14H21NO3. The van der Waals surface area contributed by atoms with E-state index in [1.54, 1.807) is 19.1 Å². The molecule has 18 heavy (non-hydrogen) atoms. The molecule has 0 atom stereocenters. The Morgan fingerprint density at radius 3 is 2.89 bits per heavy atom. The normalized spacial score (nSPS) is 10.1. The van der Waals surface area contributed by atoms with Crippen LogP contribution in [0.4, 0.5) is 5.69 Å². The Kier molecular flexibility index (Phi) is 6.87. The highest BCUT2D eigenvalue weighted by molar-refractivity contribution is 5.90. The average molecular weight is 251 g/mol. The second-order valence-corrected chi connectivity index (χ2v) is 4.01. The molecule has 100 valence electrons. The molecule has 1 rings (SSSR count). The Balaban J connectivity index is 2.42. The molecule has 1 aromatic carbocycles. The van der Waals surface area contributed by atoms with Gasteiger partial charge in [0.1, 0.15) is 0 Å². The highest BCUT2D eigenvalue weighted by Crippen LogP contribution is 2.12. The van der Waals surface area contributed by atoms with Crippen molar-refractivity contribution in [3.8, 4) is 0 Å². The predicted molar refractivity (Wildman–Crippen MR) is 71.8 cm³/mol. The van der Waals surface area contributed by atoms with E-state index in [4.69, 9.17) is 9.84 Å². The first-order valence-electron chi connectivity index (χ1n) is 6.40. The Bertz CT molecular complexity index is 366. The smallest absolute Gasteiger partial charge is 0.338 e. The molecule has 0 saturated carbocycles. The molecule has 0 aliphatic rings. The fourth-order valence-electron chi connectivity index (χ4n) is 1.62. The molecule has 0 aliphatic carbocycles. The molecule has 0 heterocycles. The topological polar surface area (TPSA) is 58.6 Å². The summed E-state index contributed by atoms with van der Waals surface area (Å²) in [4.78, 5) is 11.5. The van der Waals surface area contributed by atoms with Crippen molar-refractivity contribution in [1.29, 1.82) is 0 Å². The molecule has 4 heteroatoms. The van der Waals surface area contributed by atoms with Gasteiger partial charge in [0.15, 0.2) is 0 Å². The fourth-order valence-corrected chi connectivity index (χ4v) is 1.62. The van der Waals surface area contributed by atoms with Gasteiger partial charge < -0.3 is 15.2 Å². The van der Waals surface area contributed by atoms with Gasteiger partial charge in [0, 0.05) is 18.8 Å². The number of hydrogen-bond acceptors (Lipinski definition) is 4. The van der Waals surface area contributed by atoms with Crippen LogP contribution in [0.25, 0.3) is 0 Å². The number of benzene rings is 1. The molecule has 0 aliphatic heterocycles. The van der Waals surface area contributed by atoms with E-state index in [1.807, 2.05) is 12.1 Å². The number of esters is 1. The van der Waals surface area contributed by atoms with Crippen molar-refractivity contribution in [2.24, 2.45) is 0 Å². The van der Waals surface area contributed by atoms with E-state index in [-0.39, 0.29) is 12.6 Å². The number of aliphatic hydroxyl groups is 1. The molecule has 0 amide bonds. The van der Waals surface area contributed by atoms with E-state index >= 15 is 0 Å². The maximum Gasteiger partial charge on any atom is 0.338 e. The molecule has 0 unspecified atom stereocenters. The van der Waals surface area contributed by atoms with Crippen LogP contribution in [0, 0.1) is 0 Å². The Morgan fingerprint density at radius 2 is 2.17 bits per heavy atom. The van der Waals surface area contributed by atoms with Gasteiger partial charge in [-0.25, -0.2) is 4.79 Å². The van der Waals surface area contributed by atoms with Crippen LogP contribution >= 0.6 is 0 Å². The zero-order valence-corrected chi connectivity index (χ0v) is 10.8. The fraction of sp³-hybridized carbons (Fsp3) is 0.500. The van der Waals surface area contributed by atoms with Crippen LogP contribution in [0.2, 0.25) is 0 Å². The molecule has 0 bridgehead atoms. The number of carbonyl (C=O) groups is 1. The van der Waals surface area contributed by atoms with Crippen LogP contribution < -0.4 is 5.32 Å². The van der Waals surface area contributed by atoms with Crippen molar-refractivity contribution in [1.82, 2.24) is 0 Å². The number of nitrogens with one attached hydrogen (secondary N) is 1. The molecule has 1 aromatic rings.